The van der Waals surface area contributed by atoms with E-state index in [0.29, 0.717) is 0 Å². The minimum absolute atomic E-state index is 0.0289. The Bertz CT molecular complexity index is 793. The smallest absolute Gasteiger partial charge is 0.406 e. The largest absolute Gasteiger partial charge is 0.573 e. The Morgan fingerprint density at radius 3 is 2.54 bits per heavy atom. The van der Waals surface area contributed by atoms with Gasteiger partial charge in [-0.1, -0.05) is 6.07 Å². The Morgan fingerprint density at radius 2 is 1.92 bits per heavy atom. The molecular weight excluding hydrogens is 331 g/mol. The van der Waals surface area contributed by atoms with E-state index in [9.17, 15) is 28.1 Å². The summed E-state index contributed by atoms with van der Waals surface area (Å²) in [7, 11) is 0. The third kappa shape index (κ3) is 4.35. The van der Waals surface area contributed by atoms with Gasteiger partial charge in [-0.2, -0.15) is 0 Å². The van der Waals surface area contributed by atoms with Crippen LogP contribution in [0.25, 0.3) is 0 Å². The SMILES string of the molecule is Nc1ccc(C(=O)Nc2cccc(OC(F)(F)F)c2)cc1[N+](=O)[O-]. The average molecular weight is 341 g/mol. The van der Waals surface area contributed by atoms with Crippen molar-refractivity contribution in [2.45, 2.75) is 6.36 Å². The van der Waals surface area contributed by atoms with Gasteiger partial charge in [0.1, 0.15) is 11.4 Å². The van der Waals surface area contributed by atoms with Crippen molar-refractivity contribution in [2.24, 2.45) is 0 Å². The van der Waals surface area contributed by atoms with Crippen LogP contribution in [-0.4, -0.2) is 17.2 Å². The molecule has 2 aromatic carbocycles. The lowest BCUT2D eigenvalue weighted by Gasteiger charge is -2.11. The van der Waals surface area contributed by atoms with Crippen LogP contribution in [0.1, 0.15) is 10.4 Å². The molecule has 0 fully saturated rings. The normalized spacial score (nSPS) is 11.0. The first-order valence-corrected chi connectivity index (χ1v) is 6.37. The van der Waals surface area contributed by atoms with Crippen molar-refractivity contribution in [3.8, 4) is 5.75 Å². The van der Waals surface area contributed by atoms with Crippen LogP contribution in [0.3, 0.4) is 0 Å². The summed E-state index contributed by atoms with van der Waals surface area (Å²) in [6.45, 7) is 0. The molecule has 0 unspecified atom stereocenters. The van der Waals surface area contributed by atoms with Crippen molar-refractivity contribution in [3.63, 3.8) is 0 Å². The molecule has 10 heteroatoms. The Hall–Kier alpha value is -3.30. The Balaban J connectivity index is 2.20. The highest BCUT2D eigenvalue weighted by Crippen LogP contribution is 2.26. The van der Waals surface area contributed by atoms with Crippen molar-refractivity contribution in [2.75, 3.05) is 11.1 Å². The van der Waals surface area contributed by atoms with E-state index in [-0.39, 0.29) is 16.9 Å². The number of amides is 1. The van der Waals surface area contributed by atoms with E-state index in [2.05, 4.69) is 10.1 Å². The van der Waals surface area contributed by atoms with Gasteiger partial charge in [0, 0.05) is 23.4 Å². The lowest BCUT2D eigenvalue weighted by Crippen LogP contribution is -2.17. The number of nitro benzene ring substituents is 1. The molecule has 0 saturated heterocycles. The number of nitrogens with one attached hydrogen (secondary N) is 1. The molecule has 7 nitrogen and oxygen atoms in total. The summed E-state index contributed by atoms with van der Waals surface area (Å²) >= 11 is 0. The molecular formula is C14H10F3N3O4. The van der Waals surface area contributed by atoms with E-state index in [1.807, 2.05) is 0 Å². The van der Waals surface area contributed by atoms with Gasteiger partial charge < -0.3 is 15.8 Å². The van der Waals surface area contributed by atoms with Crippen LogP contribution >= 0.6 is 0 Å². The molecule has 0 aliphatic rings. The van der Waals surface area contributed by atoms with E-state index >= 15 is 0 Å². The zero-order chi connectivity index (χ0) is 17.9. The molecule has 0 spiro atoms. The molecule has 2 aromatic rings. The predicted octanol–water partition coefficient (Wildman–Crippen LogP) is 3.33. The molecule has 2 rings (SSSR count). The van der Waals surface area contributed by atoms with Gasteiger partial charge in [0.05, 0.1) is 4.92 Å². The Labute approximate surface area is 133 Å². The molecule has 24 heavy (non-hydrogen) atoms. The third-order valence-corrected chi connectivity index (χ3v) is 2.81. The van der Waals surface area contributed by atoms with Gasteiger partial charge in [-0.15, -0.1) is 13.2 Å². The van der Waals surface area contributed by atoms with Gasteiger partial charge in [-0.05, 0) is 24.3 Å². The molecule has 0 saturated carbocycles. The number of hydrogen-bond donors (Lipinski definition) is 2. The standard InChI is InChI=1S/C14H10F3N3O4/c15-14(16,17)24-10-3-1-2-9(7-10)19-13(21)8-4-5-11(18)12(6-8)20(22)23/h1-7H,18H2,(H,19,21). The fourth-order valence-electron chi connectivity index (χ4n) is 1.82. The maximum absolute atomic E-state index is 12.2. The number of nitrogens with two attached hydrogens (primary N) is 1. The fourth-order valence-corrected chi connectivity index (χ4v) is 1.82. The molecule has 0 atom stereocenters. The van der Waals surface area contributed by atoms with Gasteiger partial charge >= 0.3 is 6.36 Å². The third-order valence-electron chi connectivity index (χ3n) is 2.81. The van der Waals surface area contributed by atoms with Crippen molar-refractivity contribution >= 4 is 23.0 Å². The number of hydrogen-bond acceptors (Lipinski definition) is 5. The monoisotopic (exact) mass is 341 g/mol. The van der Waals surface area contributed by atoms with Gasteiger partial charge in [0.25, 0.3) is 11.6 Å². The summed E-state index contributed by atoms with van der Waals surface area (Å²) < 4.78 is 40.3. The number of rotatable bonds is 4. The Kier molecular flexibility index (Phi) is 4.58. The van der Waals surface area contributed by atoms with Crippen molar-refractivity contribution in [3.05, 3.63) is 58.1 Å². The van der Waals surface area contributed by atoms with Crippen LogP contribution < -0.4 is 15.8 Å². The van der Waals surface area contributed by atoms with Crippen LogP contribution in [0.5, 0.6) is 5.75 Å². The van der Waals surface area contributed by atoms with Crippen LogP contribution in [0.4, 0.5) is 30.2 Å². The minimum Gasteiger partial charge on any atom is -0.406 e. The number of nitro groups is 1. The average Bonchev–Trinajstić information content (AvgIpc) is 2.45. The van der Waals surface area contributed by atoms with E-state index in [4.69, 9.17) is 5.73 Å². The summed E-state index contributed by atoms with van der Waals surface area (Å²) in [5, 5.41) is 13.1. The highest BCUT2D eigenvalue weighted by molar-refractivity contribution is 6.05. The molecule has 0 aromatic heterocycles. The van der Waals surface area contributed by atoms with Crippen LogP contribution in [0, 0.1) is 10.1 Å². The van der Waals surface area contributed by atoms with Crippen LogP contribution in [0.2, 0.25) is 0 Å². The van der Waals surface area contributed by atoms with Gasteiger partial charge in [-0.25, -0.2) is 0 Å². The number of alkyl halides is 3. The predicted molar refractivity (Wildman–Crippen MR) is 78.6 cm³/mol. The lowest BCUT2D eigenvalue weighted by molar-refractivity contribution is -0.383. The lowest BCUT2D eigenvalue weighted by atomic mass is 10.1. The van der Waals surface area contributed by atoms with Crippen molar-refractivity contribution < 1.29 is 27.6 Å². The van der Waals surface area contributed by atoms with E-state index in [1.165, 1.54) is 24.3 Å². The van der Waals surface area contributed by atoms with Gasteiger partial charge in [0.2, 0.25) is 0 Å². The van der Waals surface area contributed by atoms with Gasteiger partial charge in [-0.3, -0.25) is 14.9 Å². The first-order valence-electron chi connectivity index (χ1n) is 6.37. The zero-order valence-corrected chi connectivity index (χ0v) is 11.8. The molecule has 126 valence electrons. The first-order chi connectivity index (χ1) is 11.2. The molecule has 1 amide bonds. The second kappa shape index (κ2) is 6.44. The van der Waals surface area contributed by atoms with E-state index < -0.39 is 28.6 Å². The number of ether oxygens (including phenoxy) is 1. The topological polar surface area (TPSA) is 107 Å². The number of nitrogen functional groups attached to an aromatic ring is 1. The second-order valence-electron chi connectivity index (χ2n) is 4.56. The molecule has 0 aliphatic heterocycles. The van der Waals surface area contributed by atoms with Gasteiger partial charge in [0.15, 0.2) is 0 Å². The fraction of sp³-hybridized carbons (Fsp3) is 0.0714. The Morgan fingerprint density at radius 1 is 1.21 bits per heavy atom. The highest BCUT2D eigenvalue weighted by atomic mass is 19.4. The summed E-state index contributed by atoms with van der Waals surface area (Å²) in [5.74, 6) is -1.26. The summed E-state index contributed by atoms with van der Waals surface area (Å²) in [6.07, 6.45) is -4.86. The zero-order valence-electron chi connectivity index (χ0n) is 11.8. The number of nitrogens with zero attached hydrogens (tertiary/aromatic N) is 1. The van der Waals surface area contributed by atoms with Crippen LogP contribution in [-0.2, 0) is 0 Å². The van der Waals surface area contributed by atoms with E-state index in [1.54, 1.807) is 0 Å². The van der Waals surface area contributed by atoms with Crippen LogP contribution in [0.15, 0.2) is 42.5 Å². The number of carbonyl (C=O) groups is 1. The number of benzene rings is 2. The summed E-state index contributed by atoms with van der Waals surface area (Å²) in [5.41, 5.74) is 4.82. The maximum Gasteiger partial charge on any atom is 0.573 e. The molecule has 0 radical (unpaired) electrons. The molecule has 0 heterocycles. The number of anilines is 2. The summed E-state index contributed by atoms with van der Waals surface area (Å²) in [6, 6.07) is 8.05. The second-order valence-corrected chi connectivity index (χ2v) is 4.56. The number of halogens is 3. The maximum atomic E-state index is 12.2. The van der Waals surface area contributed by atoms with Crippen molar-refractivity contribution in [1.82, 2.24) is 0 Å². The highest BCUT2D eigenvalue weighted by Gasteiger charge is 2.31. The quantitative estimate of drug-likeness (QED) is 0.504. The first kappa shape index (κ1) is 17.1. The molecule has 0 bridgehead atoms. The molecule has 0 aliphatic carbocycles. The summed E-state index contributed by atoms with van der Waals surface area (Å²) in [4.78, 5) is 22.1. The molecule has 3 N–H and O–H groups in total. The van der Waals surface area contributed by atoms with E-state index in [0.717, 1.165) is 18.2 Å². The minimum atomic E-state index is -4.86. The number of carbonyl (C=O) groups excluding carboxylic acids is 1. The van der Waals surface area contributed by atoms with Crippen molar-refractivity contribution in [1.29, 1.82) is 0 Å².